The van der Waals surface area contributed by atoms with Gasteiger partial charge in [-0.3, -0.25) is 9.71 Å². The number of nitrogens with one attached hydrogen (secondary N) is 1. The lowest BCUT2D eigenvalue weighted by Crippen LogP contribution is -2.26. The standard InChI is InChI=1S/C21H18N2O6S/c1-12-7-8-15-14(10-19(24)29-17(15)9-12)11-28-21(25)13(2)22-20-16-5-3-4-6-18(16)30(26,27)23-20/h3-10,13H,11H2,1-2H3,(H,22,23)/t13-/m0/s1. The van der Waals surface area contributed by atoms with E-state index in [2.05, 4.69) is 9.71 Å². The summed E-state index contributed by atoms with van der Waals surface area (Å²) in [6.07, 6.45) is 0. The first kappa shape index (κ1) is 19.8. The maximum atomic E-state index is 12.4. The Kier molecular flexibility index (Phi) is 4.90. The van der Waals surface area contributed by atoms with Crippen molar-refractivity contribution in [1.29, 1.82) is 0 Å². The number of hydrogen-bond donors (Lipinski definition) is 1. The number of sulfonamides is 1. The van der Waals surface area contributed by atoms with Crippen molar-refractivity contribution >= 4 is 32.8 Å². The molecule has 4 rings (SSSR count). The van der Waals surface area contributed by atoms with Crippen LogP contribution in [0.2, 0.25) is 0 Å². The van der Waals surface area contributed by atoms with Gasteiger partial charge in [0.2, 0.25) is 0 Å². The molecule has 1 aromatic heterocycles. The first-order valence-electron chi connectivity index (χ1n) is 9.14. The van der Waals surface area contributed by atoms with Crippen molar-refractivity contribution in [3.8, 4) is 0 Å². The number of amidine groups is 1. The average molecular weight is 426 g/mol. The third-order valence-electron chi connectivity index (χ3n) is 4.68. The SMILES string of the molecule is Cc1ccc2c(COC(=O)[C@H](C)N=C3NS(=O)(=O)c4ccccc43)cc(=O)oc2c1. The van der Waals surface area contributed by atoms with Crippen molar-refractivity contribution in [2.75, 3.05) is 0 Å². The number of carbonyl (C=O) groups is 1. The van der Waals surface area contributed by atoms with Crippen LogP contribution >= 0.6 is 0 Å². The van der Waals surface area contributed by atoms with Crippen molar-refractivity contribution in [2.24, 2.45) is 4.99 Å². The van der Waals surface area contributed by atoms with E-state index in [1.807, 2.05) is 13.0 Å². The fraction of sp³-hybridized carbons (Fsp3) is 0.190. The molecule has 0 saturated heterocycles. The molecule has 30 heavy (non-hydrogen) atoms. The van der Waals surface area contributed by atoms with Crippen LogP contribution in [0, 0.1) is 6.92 Å². The average Bonchev–Trinajstić information content (AvgIpc) is 2.95. The Balaban J connectivity index is 1.54. The Morgan fingerprint density at radius 1 is 1.20 bits per heavy atom. The molecule has 2 aromatic carbocycles. The third kappa shape index (κ3) is 3.71. The molecule has 0 unspecified atom stereocenters. The smallest absolute Gasteiger partial charge is 0.336 e. The van der Waals surface area contributed by atoms with Crippen molar-refractivity contribution in [3.63, 3.8) is 0 Å². The first-order chi connectivity index (χ1) is 14.2. The summed E-state index contributed by atoms with van der Waals surface area (Å²) in [6, 6.07) is 12.1. The van der Waals surface area contributed by atoms with Crippen LogP contribution in [0.5, 0.6) is 0 Å². The quantitative estimate of drug-likeness (QED) is 0.506. The molecule has 1 N–H and O–H groups in total. The summed E-state index contributed by atoms with van der Waals surface area (Å²) in [4.78, 5) is 28.6. The van der Waals surface area contributed by atoms with E-state index >= 15 is 0 Å². The van der Waals surface area contributed by atoms with Gasteiger partial charge in [-0.2, -0.15) is 0 Å². The van der Waals surface area contributed by atoms with Gasteiger partial charge in [-0.15, -0.1) is 0 Å². The third-order valence-corrected chi connectivity index (χ3v) is 6.08. The number of aliphatic imine (C=N–C) groups is 1. The zero-order chi connectivity index (χ0) is 21.5. The second-order valence-electron chi connectivity index (χ2n) is 6.95. The molecule has 154 valence electrons. The zero-order valence-corrected chi connectivity index (χ0v) is 17.0. The molecular weight excluding hydrogens is 408 g/mol. The summed E-state index contributed by atoms with van der Waals surface area (Å²) in [6.45, 7) is 3.25. The highest BCUT2D eigenvalue weighted by Gasteiger charge is 2.31. The van der Waals surface area contributed by atoms with Gasteiger partial charge in [-0.25, -0.2) is 18.0 Å². The number of fused-ring (bicyclic) bond motifs is 2. The van der Waals surface area contributed by atoms with Crippen LogP contribution in [0.15, 0.2) is 67.6 Å². The van der Waals surface area contributed by atoms with E-state index in [-0.39, 0.29) is 17.3 Å². The molecule has 2 heterocycles. The highest BCUT2D eigenvalue weighted by atomic mass is 32.2. The van der Waals surface area contributed by atoms with Gasteiger partial charge in [-0.05, 0) is 37.6 Å². The highest BCUT2D eigenvalue weighted by Crippen LogP contribution is 2.23. The minimum atomic E-state index is -3.69. The van der Waals surface area contributed by atoms with Crippen molar-refractivity contribution in [1.82, 2.24) is 4.72 Å². The Labute approximate surface area is 172 Å². The lowest BCUT2D eigenvalue weighted by molar-refractivity contribution is -0.145. The minimum Gasteiger partial charge on any atom is -0.459 e. The minimum absolute atomic E-state index is 0.0938. The maximum absolute atomic E-state index is 12.4. The number of rotatable bonds is 4. The Morgan fingerprint density at radius 3 is 2.77 bits per heavy atom. The molecule has 1 aliphatic rings. The highest BCUT2D eigenvalue weighted by molar-refractivity contribution is 7.90. The van der Waals surface area contributed by atoms with E-state index in [0.29, 0.717) is 22.1 Å². The summed E-state index contributed by atoms with van der Waals surface area (Å²) >= 11 is 0. The summed E-state index contributed by atoms with van der Waals surface area (Å²) in [7, 11) is -3.69. The van der Waals surface area contributed by atoms with Crippen LogP contribution in [0.3, 0.4) is 0 Å². The van der Waals surface area contributed by atoms with E-state index < -0.39 is 27.7 Å². The number of aryl methyl sites for hydroxylation is 1. The van der Waals surface area contributed by atoms with Crippen LogP contribution in [0.1, 0.15) is 23.6 Å². The van der Waals surface area contributed by atoms with Crippen LogP contribution in [-0.2, 0) is 26.2 Å². The summed E-state index contributed by atoms with van der Waals surface area (Å²) in [5.41, 5.74) is 1.73. The molecule has 0 bridgehead atoms. The summed E-state index contributed by atoms with van der Waals surface area (Å²) in [5, 5.41) is 0.671. The number of esters is 1. The predicted octanol–water partition coefficient (Wildman–Crippen LogP) is 2.27. The van der Waals surface area contributed by atoms with Gasteiger partial charge >= 0.3 is 11.6 Å². The van der Waals surface area contributed by atoms with E-state index in [1.165, 1.54) is 19.1 Å². The van der Waals surface area contributed by atoms with Gasteiger partial charge in [0.05, 0.1) is 4.90 Å². The van der Waals surface area contributed by atoms with Gasteiger partial charge < -0.3 is 9.15 Å². The second kappa shape index (κ2) is 7.42. The van der Waals surface area contributed by atoms with Crippen LogP contribution in [0.25, 0.3) is 11.0 Å². The Bertz CT molecular complexity index is 1360. The molecule has 8 nitrogen and oxygen atoms in total. The van der Waals surface area contributed by atoms with Gasteiger partial charge in [0.15, 0.2) is 0 Å². The number of carbonyl (C=O) groups excluding carboxylic acids is 1. The van der Waals surface area contributed by atoms with E-state index in [0.717, 1.165) is 5.56 Å². The molecule has 3 aromatic rings. The summed E-state index contributed by atoms with van der Waals surface area (Å²) < 4.78 is 37.2. The van der Waals surface area contributed by atoms with E-state index in [1.54, 1.807) is 30.3 Å². The lowest BCUT2D eigenvalue weighted by atomic mass is 10.1. The predicted molar refractivity (Wildman–Crippen MR) is 110 cm³/mol. The van der Waals surface area contributed by atoms with E-state index in [4.69, 9.17) is 9.15 Å². The van der Waals surface area contributed by atoms with Crippen molar-refractivity contribution < 1.29 is 22.4 Å². The molecule has 0 saturated carbocycles. The molecule has 9 heteroatoms. The van der Waals surface area contributed by atoms with Crippen LogP contribution in [-0.4, -0.2) is 26.3 Å². The monoisotopic (exact) mass is 426 g/mol. The van der Waals surface area contributed by atoms with Crippen molar-refractivity contribution in [2.45, 2.75) is 31.4 Å². The van der Waals surface area contributed by atoms with Crippen molar-refractivity contribution in [3.05, 3.63) is 75.6 Å². The molecule has 0 spiro atoms. The normalized spacial score (nSPS) is 16.8. The molecule has 0 aliphatic carbocycles. The van der Waals surface area contributed by atoms with Gasteiger partial charge in [-0.1, -0.05) is 24.3 Å². The molecule has 1 atom stereocenters. The fourth-order valence-corrected chi connectivity index (χ4v) is 4.44. The number of nitrogens with zero attached hydrogens (tertiary/aromatic N) is 1. The maximum Gasteiger partial charge on any atom is 0.336 e. The molecular formula is C21H18N2O6S. The zero-order valence-electron chi connectivity index (χ0n) is 16.2. The lowest BCUT2D eigenvalue weighted by Gasteiger charge is -2.10. The Morgan fingerprint density at radius 2 is 1.97 bits per heavy atom. The van der Waals surface area contributed by atoms with Gasteiger partial charge in [0, 0.05) is 22.6 Å². The van der Waals surface area contributed by atoms with E-state index in [9.17, 15) is 18.0 Å². The molecule has 0 fully saturated rings. The topological polar surface area (TPSA) is 115 Å². The van der Waals surface area contributed by atoms with Crippen LogP contribution in [0.4, 0.5) is 0 Å². The number of hydrogen-bond acceptors (Lipinski definition) is 7. The molecule has 0 amide bonds. The summed E-state index contributed by atoms with van der Waals surface area (Å²) in [5.74, 6) is -0.559. The van der Waals surface area contributed by atoms with Gasteiger partial charge in [0.25, 0.3) is 10.0 Å². The fourth-order valence-electron chi connectivity index (χ4n) is 3.20. The largest absolute Gasteiger partial charge is 0.459 e. The van der Waals surface area contributed by atoms with Crippen LogP contribution < -0.4 is 10.3 Å². The molecule has 1 aliphatic heterocycles. The second-order valence-corrected chi connectivity index (χ2v) is 8.60. The first-order valence-corrected chi connectivity index (χ1v) is 10.6. The number of benzene rings is 2. The Hall–Kier alpha value is -3.46. The van der Waals surface area contributed by atoms with Gasteiger partial charge in [0.1, 0.15) is 24.1 Å². The number of ether oxygens (including phenoxy) is 1. The molecule has 0 radical (unpaired) electrons.